The molecule has 2 N–H and O–H groups in total. The number of hydrogen-bond acceptors (Lipinski definition) is 4. The van der Waals surface area contributed by atoms with Crippen molar-refractivity contribution in [1.29, 1.82) is 0 Å². The molecule has 5 unspecified atom stereocenters. The fourth-order valence-electron chi connectivity index (χ4n) is 5.30. The highest BCUT2D eigenvalue weighted by Gasteiger charge is 2.48. The number of nitrogens with one attached hydrogen (secondary N) is 1. The highest BCUT2D eigenvalue weighted by molar-refractivity contribution is 5.83. The lowest BCUT2D eigenvalue weighted by atomic mass is 9.79. The molecule has 6 heteroatoms. The second-order valence-corrected chi connectivity index (χ2v) is 8.31. The number of fused-ring (bicyclic) bond motifs is 1. The molecule has 0 aromatic rings. The number of amides is 2. The maximum atomic E-state index is 12.8. The Balaban J connectivity index is 1.35. The maximum Gasteiger partial charge on any atom is 0.226 e. The minimum atomic E-state index is -0.931. The van der Waals surface area contributed by atoms with Gasteiger partial charge in [-0.3, -0.25) is 9.59 Å². The molecule has 2 saturated heterocycles. The summed E-state index contributed by atoms with van der Waals surface area (Å²) >= 11 is 0. The van der Waals surface area contributed by atoms with E-state index in [2.05, 4.69) is 5.32 Å². The number of carbonyl (C=O) groups excluding carboxylic acids is 2. The lowest BCUT2D eigenvalue weighted by molar-refractivity contribution is -0.142. The van der Waals surface area contributed by atoms with Gasteiger partial charge in [-0.25, -0.2) is 0 Å². The number of rotatable bonds is 3. The molecular weight excluding hydrogens is 320 g/mol. The van der Waals surface area contributed by atoms with E-state index in [1.165, 1.54) is 32.1 Å². The third-order valence-corrected chi connectivity index (χ3v) is 6.64. The minimum Gasteiger partial charge on any atom is -0.375 e. The van der Waals surface area contributed by atoms with Gasteiger partial charge in [0.25, 0.3) is 0 Å². The van der Waals surface area contributed by atoms with Crippen LogP contribution in [0.5, 0.6) is 0 Å². The first-order valence-corrected chi connectivity index (χ1v) is 10.0. The largest absolute Gasteiger partial charge is 0.375 e. The van der Waals surface area contributed by atoms with Crippen molar-refractivity contribution in [2.75, 3.05) is 6.54 Å². The van der Waals surface area contributed by atoms with Crippen LogP contribution in [-0.2, 0) is 14.3 Å². The van der Waals surface area contributed by atoms with E-state index in [0.29, 0.717) is 31.4 Å². The van der Waals surface area contributed by atoms with Crippen molar-refractivity contribution in [3.8, 4) is 0 Å². The van der Waals surface area contributed by atoms with Gasteiger partial charge >= 0.3 is 0 Å². The molecule has 0 bridgehead atoms. The van der Waals surface area contributed by atoms with Gasteiger partial charge in [0.2, 0.25) is 11.8 Å². The summed E-state index contributed by atoms with van der Waals surface area (Å²) < 4.78 is 6.36. The highest BCUT2D eigenvalue weighted by atomic mass is 16.5. The number of carbonyl (C=O) groups is 2. The van der Waals surface area contributed by atoms with Crippen LogP contribution in [0.1, 0.15) is 64.2 Å². The third-order valence-electron chi connectivity index (χ3n) is 6.64. The SMILES string of the molecule is O=C1CCC(N2CC3CC(OC4CCCCC4)CCC3C2=O)C(O)N1. The third kappa shape index (κ3) is 3.56. The molecule has 0 spiro atoms. The standard InChI is InChI=1S/C19H30N2O4/c22-17-9-8-16(18(23)20-17)21-11-12-10-14(6-7-15(12)19(21)24)25-13-4-2-1-3-5-13/h12-16,18,23H,1-11H2,(H,20,22). The lowest BCUT2D eigenvalue weighted by Gasteiger charge is -2.35. The van der Waals surface area contributed by atoms with Gasteiger partial charge in [0, 0.05) is 18.9 Å². The highest BCUT2D eigenvalue weighted by Crippen LogP contribution is 2.41. The summed E-state index contributed by atoms with van der Waals surface area (Å²) in [6, 6.07) is -0.270. The monoisotopic (exact) mass is 350 g/mol. The molecule has 2 aliphatic carbocycles. The van der Waals surface area contributed by atoms with Crippen LogP contribution >= 0.6 is 0 Å². The van der Waals surface area contributed by atoms with E-state index in [1.54, 1.807) is 0 Å². The van der Waals surface area contributed by atoms with E-state index in [9.17, 15) is 14.7 Å². The fraction of sp³-hybridized carbons (Fsp3) is 0.895. The number of nitrogens with zero attached hydrogens (tertiary/aromatic N) is 1. The Morgan fingerprint density at radius 1 is 1.00 bits per heavy atom. The molecule has 5 atom stereocenters. The van der Waals surface area contributed by atoms with Crippen LogP contribution in [0.15, 0.2) is 0 Å². The van der Waals surface area contributed by atoms with E-state index in [-0.39, 0.29) is 29.9 Å². The van der Waals surface area contributed by atoms with Crippen molar-refractivity contribution in [3.05, 3.63) is 0 Å². The van der Waals surface area contributed by atoms with E-state index in [4.69, 9.17) is 4.74 Å². The van der Waals surface area contributed by atoms with Gasteiger partial charge in [-0.1, -0.05) is 19.3 Å². The van der Waals surface area contributed by atoms with Crippen LogP contribution in [-0.4, -0.2) is 52.8 Å². The molecule has 2 amide bonds. The van der Waals surface area contributed by atoms with E-state index < -0.39 is 6.23 Å². The van der Waals surface area contributed by atoms with Crippen molar-refractivity contribution in [3.63, 3.8) is 0 Å². The van der Waals surface area contributed by atoms with Gasteiger partial charge in [-0.2, -0.15) is 0 Å². The second-order valence-electron chi connectivity index (χ2n) is 8.31. The molecule has 0 radical (unpaired) electrons. The molecule has 2 heterocycles. The van der Waals surface area contributed by atoms with Crippen molar-refractivity contribution in [2.24, 2.45) is 11.8 Å². The number of ether oxygens (including phenoxy) is 1. The molecule has 2 saturated carbocycles. The Morgan fingerprint density at radius 2 is 1.80 bits per heavy atom. The molecular formula is C19H30N2O4. The van der Waals surface area contributed by atoms with Crippen molar-refractivity contribution in [2.45, 2.75) is 88.7 Å². The van der Waals surface area contributed by atoms with Crippen molar-refractivity contribution >= 4 is 11.8 Å². The first-order chi connectivity index (χ1) is 12.1. The van der Waals surface area contributed by atoms with Gasteiger partial charge in [-0.05, 0) is 44.4 Å². The summed E-state index contributed by atoms with van der Waals surface area (Å²) in [6.07, 6.45) is 9.79. The predicted octanol–water partition coefficient (Wildman–Crippen LogP) is 1.56. The van der Waals surface area contributed by atoms with Crippen LogP contribution in [0, 0.1) is 11.8 Å². The number of aliphatic hydroxyl groups is 1. The zero-order valence-electron chi connectivity index (χ0n) is 14.9. The first-order valence-electron chi connectivity index (χ1n) is 10.0. The van der Waals surface area contributed by atoms with Crippen molar-refractivity contribution < 1.29 is 19.4 Å². The second kappa shape index (κ2) is 7.23. The van der Waals surface area contributed by atoms with E-state index in [1.807, 2.05) is 4.90 Å². The normalized spacial score (nSPS) is 40.0. The number of hydrogen-bond donors (Lipinski definition) is 2. The zero-order chi connectivity index (χ0) is 17.4. The molecule has 4 rings (SSSR count). The number of likely N-dealkylation sites (tertiary alicyclic amines) is 1. The van der Waals surface area contributed by atoms with Gasteiger partial charge in [0.15, 0.2) is 0 Å². The van der Waals surface area contributed by atoms with Gasteiger partial charge in [0.05, 0.1) is 18.2 Å². The summed E-state index contributed by atoms with van der Waals surface area (Å²) in [5.74, 6) is 0.450. The van der Waals surface area contributed by atoms with Crippen LogP contribution in [0.2, 0.25) is 0 Å². The zero-order valence-corrected chi connectivity index (χ0v) is 14.9. The van der Waals surface area contributed by atoms with Crippen molar-refractivity contribution in [1.82, 2.24) is 10.2 Å². The van der Waals surface area contributed by atoms with E-state index in [0.717, 1.165) is 19.3 Å². The first kappa shape index (κ1) is 17.3. The minimum absolute atomic E-state index is 0.0797. The Kier molecular flexibility index (Phi) is 5.00. The average molecular weight is 350 g/mol. The Labute approximate surface area is 149 Å². The lowest BCUT2D eigenvalue weighted by Crippen LogP contribution is -2.56. The quantitative estimate of drug-likeness (QED) is 0.810. The van der Waals surface area contributed by atoms with Gasteiger partial charge in [-0.15, -0.1) is 0 Å². The van der Waals surface area contributed by atoms with E-state index >= 15 is 0 Å². The van der Waals surface area contributed by atoms with Crippen LogP contribution in [0.3, 0.4) is 0 Å². The number of piperidine rings is 1. The van der Waals surface area contributed by atoms with Crippen LogP contribution in [0.4, 0.5) is 0 Å². The molecule has 4 fully saturated rings. The molecule has 25 heavy (non-hydrogen) atoms. The summed E-state index contributed by atoms with van der Waals surface area (Å²) in [4.78, 5) is 26.1. The Morgan fingerprint density at radius 3 is 2.56 bits per heavy atom. The predicted molar refractivity (Wildman–Crippen MR) is 91.5 cm³/mol. The summed E-state index contributed by atoms with van der Waals surface area (Å²) in [6.45, 7) is 0.700. The summed E-state index contributed by atoms with van der Waals surface area (Å²) in [5.41, 5.74) is 0. The molecule has 0 aromatic carbocycles. The summed E-state index contributed by atoms with van der Waals surface area (Å²) in [5, 5.41) is 12.7. The molecule has 2 aliphatic heterocycles. The molecule has 6 nitrogen and oxygen atoms in total. The Bertz CT molecular complexity index is 520. The van der Waals surface area contributed by atoms with Crippen LogP contribution in [0.25, 0.3) is 0 Å². The Hall–Kier alpha value is -1.14. The number of aliphatic hydroxyl groups excluding tert-OH is 1. The topological polar surface area (TPSA) is 78.9 Å². The van der Waals surface area contributed by atoms with Gasteiger partial charge in [0.1, 0.15) is 6.23 Å². The molecule has 140 valence electrons. The van der Waals surface area contributed by atoms with Gasteiger partial charge < -0.3 is 20.1 Å². The summed E-state index contributed by atoms with van der Waals surface area (Å²) in [7, 11) is 0. The fourth-order valence-corrected chi connectivity index (χ4v) is 5.30. The maximum absolute atomic E-state index is 12.8. The van der Waals surface area contributed by atoms with Crippen LogP contribution < -0.4 is 5.32 Å². The molecule has 4 aliphatic rings. The average Bonchev–Trinajstić information content (AvgIpc) is 2.92. The smallest absolute Gasteiger partial charge is 0.226 e. The molecule has 0 aromatic heterocycles.